The standard InChI is InChI=1S/C13H20ClN3/c1-10-5-7-17(8-6-10)9-12-11(14)3-4-13(15-2)16-12/h3-4,10H,5-9H2,1-2H3,(H,15,16). The molecule has 0 saturated carbocycles. The van der Waals surface area contributed by atoms with Crippen LogP contribution in [-0.2, 0) is 6.54 Å². The topological polar surface area (TPSA) is 28.2 Å². The van der Waals surface area contributed by atoms with Crippen LogP contribution in [0.2, 0.25) is 5.02 Å². The second-order valence-corrected chi connectivity index (χ2v) is 5.24. The molecule has 3 nitrogen and oxygen atoms in total. The van der Waals surface area contributed by atoms with E-state index in [0.717, 1.165) is 42.1 Å². The molecule has 0 radical (unpaired) electrons. The summed E-state index contributed by atoms with van der Waals surface area (Å²) in [7, 11) is 1.88. The molecular formula is C13H20ClN3. The summed E-state index contributed by atoms with van der Waals surface area (Å²) in [5.41, 5.74) is 0.980. The van der Waals surface area contributed by atoms with Crippen LogP contribution >= 0.6 is 11.6 Å². The highest BCUT2D eigenvalue weighted by Gasteiger charge is 2.17. The zero-order valence-corrected chi connectivity index (χ0v) is 11.3. The summed E-state index contributed by atoms with van der Waals surface area (Å²) in [6.45, 7) is 5.50. The van der Waals surface area contributed by atoms with Gasteiger partial charge in [0.2, 0.25) is 0 Å². The molecular weight excluding hydrogens is 234 g/mol. The third-order valence-electron chi connectivity index (χ3n) is 3.42. The van der Waals surface area contributed by atoms with Crippen molar-refractivity contribution in [2.24, 2.45) is 5.92 Å². The van der Waals surface area contributed by atoms with Crippen LogP contribution in [0.15, 0.2) is 12.1 Å². The summed E-state index contributed by atoms with van der Waals surface area (Å²) in [5, 5.41) is 3.82. The maximum absolute atomic E-state index is 6.18. The molecule has 1 aromatic heterocycles. The van der Waals surface area contributed by atoms with Crippen molar-refractivity contribution in [3.05, 3.63) is 22.8 Å². The predicted molar refractivity (Wildman–Crippen MR) is 72.5 cm³/mol. The molecule has 1 saturated heterocycles. The van der Waals surface area contributed by atoms with Crippen LogP contribution in [-0.4, -0.2) is 30.0 Å². The van der Waals surface area contributed by atoms with E-state index in [9.17, 15) is 0 Å². The maximum atomic E-state index is 6.18. The van der Waals surface area contributed by atoms with Crippen molar-refractivity contribution in [2.45, 2.75) is 26.3 Å². The summed E-state index contributed by atoms with van der Waals surface area (Å²) >= 11 is 6.18. The molecule has 1 fully saturated rings. The number of piperidine rings is 1. The molecule has 1 aliphatic rings. The summed E-state index contributed by atoms with van der Waals surface area (Å²) in [6, 6.07) is 3.83. The highest BCUT2D eigenvalue weighted by Crippen LogP contribution is 2.22. The third-order valence-corrected chi connectivity index (χ3v) is 3.77. The lowest BCUT2D eigenvalue weighted by Gasteiger charge is -2.30. The number of aromatic nitrogens is 1. The number of hydrogen-bond acceptors (Lipinski definition) is 3. The monoisotopic (exact) mass is 253 g/mol. The fourth-order valence-corrected chi connectivity index (χ4v) is 2.33. The van der Waals surface area contributed by atoms with Gasteiger partial charge < -0.3 is 5.32 Å². The van der Waals surface area contributed by atoms with E-state index in [0.29, 0.717) is 0 Å². The Bertz CT molecular complexity index is 373. The quantitative estimate of drug-likeness (QED) is 0.898. The van der Waals surface area contributed by atoms with Gasteiger partial charge in [-0.1, -0.05) is 18.5 Å². The van der Waals surface area contributed by atoms with Gasteiger partial charge in [0.15, 0.2) is 0 Å². The van der Waals surface area contributed by atoms with Crippen molar-refractivity contribution in [1.29, 1.82) is 0 Å². The normalized spacial score (nSPS) is 18.3. The average molecular weight is 254 g/mol. The van der Waals surface area contributed by atoms with Crippen molar-refractivity contribution < 1.29 is 0 Å². The van der Waals surface area contributed by atoms with E-state index in [-0.39, 0.29) is 0 Å². The molecule has 1 N–H and O–H groups in total. The minimum absolute atomic E-state index is 0.766. The Morgan fingerprint density at radius 2 is 2.12 bits per heavy atom. The van der Waals surface area contributed by atoms with Crippen LogP contribution in [0.5, 0.6) is 0 Å². The maximum Gasteiger partial charge on any atom is 0.126 e. The molecule has 0 aliphatic carbocycles. The number of pyridine rings is 1. The molecule has 0 atom stereocenters. The lowest BCUT2D eigenvalue weighted by Crippen LogP contribution is -2.32. The van der Waals surface area contributed by atoms with Gasteiger partial charge in [-0.2, -0.15) is 0 Å². The first-order chi connectivity index (χ1) is 8.19. The van der Waals surface area contributed by atoms with E-state index in [2.05, 4.69) is 22.1 Å². The van der Waals surface area contributed by atoms with Gasteiger partial charge in [0, 0.05) is 13.6 Å². The molecule has 17 heavy (non-hydrogen) atoms. The minimum atomic E-state index is 0.766. The molecule has 0 spiro atoms. The summed E-state index contributed by atoms with van der Waals surface area (Å²) < 4.78 is 0. The minimum Gasteiger partial charge on any atom is -0.373 e. The molecule has 0 bridgehead atoms. The second kappa shape index (κ2) is 5.69. The largest absolute Gasteiger partial charge is 0.373 e. The van der Waals surface area contributed by atoms with Gasteiger partial charge in [0.25, 0.3) is 0 Å². The number of rotatable bonds is 3. The molecule has 0 amide bonds. The van der Waals surface area contributed by atoms with Crippen LogP contribution in [0.3, 0.4) is 0 Å². The Morgan fingerprint density at radius 3 is 2.76 bits per heavy atom. The molecule has 0 aromatic carbocycles. The van der Waals surface area contributed by atoms with Gasteiger partial charge >= 0.3 is 0 Å². The zero-order valence-electron chi connectivity index (χ0n) is 10.5. The Labute approximate surface area is 108 Å². The van der Waals surface area contributed by atoms with Crippen LogP contribution in [0.4, 0.5) is 5.82 Å². The first-order valence-electron chi connectivity index (χ1n) is 6.24. The number of anilines is 1. The van der Waals surface area contributed by atoms with Gasteiger partial charge in [0.05, 0.1) is 10.7 Å². The van der Waals surface area contributed by atoms with Gasteiger partial charge in [-0.15, -0.1) is 0 Å². The second-order valence-electron chi connectivity index (χ2n) is 4.83. The number of nitrogens with zero attached hydrogens (tertiary/aromatic N) is 2. The number of likely N-dealkylation sites (tertiary alicyclic amines) is 1. The molecule has 1 aromatic rings. The smallest absolute Gasteiger partial charge is 0.126 e. The van der Waals surface area contributed by atoms with Gasteiger partial charge in [-0.05, 0) is 44.0 Å². The van der Waals surface area contributed by atoms with Gasteiger partial charge in [-0.3, -0.25) is 4.90 Å². The van der Waals surface area contributed by atoms with Crippen molar-refractivity contribution >= 4 is 17.4 Å². The van der Waals surface area contributed by atoms with Crippen molar-refractivity contribution in [3.8, 4) is 0 Å². The van der Waals surface area contributed by atoms with Crippen LogP contribution in [0.25, 0.3) is 0 Å². The lowest BCUT2D eigenvalue weighted by molar-refractivity contribution is 0.183. The van der Waals surface area contributed by atoms with E-state index >= 15 is 0 Å². The fourth-order valence-electron chi connectivity index (χ4n) is 2.17. The van der Waals surface area contributed by atoms with E-state index in [4.69, 9.17) is 11.6 Å². The molecule has 94 valence electrons. The molecule has 1 aliphatic heterocycles. The van der Waals surface area contributed by atoms with Crippen molar-refractivity contribution in [2.75, 3.05) is 25.5 Å². The summed E-state index contributed by atoms with van der Waals surface area (Å²) in [5.74, 6) is 1.74. The van der Waals surface area contributed by atoms with E-state index in [1.54, 1.807) is 0 Å². The Kier molecular flexibility index (Phi) is 4.24. The zero-order chi connectivity index (χ0) is 12.3. The highest BCUT2D eigenvalue weighted by atomic mass is 35.5. The first-order valence-corrected chi connectivity index (χ1v) is 6.62. The SMILES string of the molecule is CNc1ccc(Cl)c(CN2CCC(C)CC2)n1. The molecule has 4 heteroatoms. The Hall–Kier alpha value is -0.800. The van der Waals surface area contributed by atoms with Crippen LogP contribution < -0.4 is 5.32 Å². The first kappa shape index (κ1) is 12.7. The number of halogens is 1. The number of nitrogens with one attached hydrogen (secondary N) is 1. The van der Waals surface area contributed by atoms with E-state index < -0.39 is 0 Å². The Balaban J connectivity index is 2.02. The van der Waals surface area contributed by atoms with Crippen molar-refractivity contribution in [3.63, 3.8) is 0 Å². The third kappa shape index (κ3) is 3.33. The summed E-state index contributed by atoms with van der Waals surface area (Å²) in [6.07, 6.45) is 2.56. The molecule has 0 unspecified atom stereocenters. The van der Waals surface area contributed by atoms with Crippen molar-refractivity contribution in [1.82, 2.24) is 9.88 Å². The van der Waals surface area contributed by atoms with E-state index in [1.807, 2.05) is 19.2 Å². The van der Waals surface area contributed by atoms with Crippen LogP contribution in [0, 0.1) is 5.92 Å². The summed E-state index contributed by atoms with van der Waals surface area (Å²) in [4.78, 5) is 6.96. The van der Waals surface area contributed by atoms with Gasteiger partial charge in [0.1, 0.15) is 5.82 Å². The van der Waals surface area contributed by atoms with E-state index in [1.165, 1.54) is 12.8 Å². The van der Waals surface area contributed by atoms with Gasteiger partial charge in [-0.25, -0.2) is 4.98 Å². The fraction of sp³-hybridized carbons (Fsp3) is 0.615. The highest BCUT2D eigenvalue weighted by molar-refractivity contribution is 6.31. The molecule has 2 heterocycles. The molecule has 2 rings (SSSR count). The number of hydrogen-bond donors (Lipinski definition) is 1. The average Bonchev–Trinajstić information content (AvgIpc) is 2.35. The predicted octanol–water partition coefficient (Wildman–Crippen LogP) is 3.01. The Morgan fingerprint density at radius 1 is 1.41 bits per heavy atom. The van der Waals surface area contributed by atoms with Crippen LogP contribution in [0.1, 0.15) is 25.5 Å². The lowest BCUT2D eigenvalue weighted by atomic mass is 9.99.